The maximum absolute atomic E-state index is 9.52. The number of hydrogen-bond acceptors (Lipinski definition) is 4. The second kappa shape index (κ2) is 5.07. The van der Waals surface area contributed by atoms with Crippen LogP contribution in [-0.2, 0) is 21.3 Å². The molecule has 0 fully saturated rings. The number of isocyanates is 1. The van der Waals surface area contributed by atoms with Crippen molar-refractivity contribution in [1.29, 1.82) is 0 Å². The maximum Gasteiger partial charge on any atom is 0.280 e. The minimum absolute atomic E-state index is 0.256. The summed E-state index contributed by atoms with van der Waals surface area (Å²) in [5.74, 6) is 0. The van der Waals surface area contributed by atoms with Crippen molar-refractivity contribution in [3.63, 3.8) is 0 Å². The Morgan fingerprint density at radius 3 is 2.75 bits per heavy atom. The first-order valence-electron chi connectivity index (χ1n) is 3.33. The van der Waals surface area contributed by atoms with Gasteiger partial charge in [0, 0.05) is 5.16 Å². The van der Waals surface area contributed by atoms with Gasteiger partial charge in [-0.2, -0.15) is 4.89 Å². The van der Waals surface area contributed by atoms with Gasteiger partial charge in [0.15, 0.2) is 0 Å². The molecule has 0 N–H and O–H groups in total. The van der Waals surface area contributed by atoms with Gasteiger partial charge in [-0.15, -0.1) is 0 Å². The van der Waals surface area contributed by atoms with Gasteiger partial charge in [-0.25, -0.2) is 9.78 Å². The smallest absolute Gasteiger partial charge is 0.208 e. The van der Waals surface area contributed by atoms with Crippen molar-refractivity contribution in [2.75, 3.05) is 0 Å². The SMILES string of the molecule is O=C=NOOCc1ccccc1. The van der Waals surface area contributed by atoms with Crippen LogP contribution in [0, 0.1) is 0 Å². The van der Waals surface area contributed by atoms with E-state index < -0.39 is 0 Å². The Balaban J connectivity index is 2.29. The van der Waals surface area contributed by atoms with Crippen molar-refractivity contribution in [2.45, 2.75) is 6.61 Å². The Bertz CT molecular complexity index is 267. The van der Waals surface area contributed by atoms with Gasteiger partial charge in [0.1, 0.15) is 6.61 Å². The molecular weight excluding hydrogens is 158 g/mol. The van der Waals surface area contributed by atoms with E-state index in [1.165, 1.54) is 6.08 Å². The van der Waals surface area contributed by atoms with Gasteiger partial charge in [-0.05, 0) is 5.56 Å². The Morgan fingerprint density at radius 2 is 2.08 bits per heavy atom. The first-order chi connectivity index (χ1) is 5.93. The number of rotatable bonds is 4. The number of carbonyl (C=O) groups excluding carboxylic acids is 1. The van der Waals surface area contributed by atoms with Gasteiger partial charge in [-0.3, -0.25) is 0 Å². The van der Waals surface area contributed by atoms with Crippen molar-refractivity contribution >= 4 is 6.08 Å². The molecule has 0 amide bonds. The molecule has 0 aliphatic heterocycles. The number of hydrogen-bond donors (Lipinski definition) is 0. The summed E-state index contributed by atoms with van der Waals surface area (Å²) < 4.78 is 0. The average Bonchev–Trinajstić information content (AvgIpc) is 2.14. The second-order valence-electron chi connectivity index (χ2n) is 2.00. The molecule has 4 nitrogen and oxygen atoms in total. The van der Waals surface area contributed by atoms with Crippen LogP contribution >= 0.6 is 0 Å². The highest BCUT2D eigenvalue weighted by Crippen LogP contribution is 2.00. The van der Waals surface area contributed by atoms with E-state index in [1.54, 1.807) is 0 Å². The molecule has 1 aromatic rings. The van der Waals surface area contributed by atoms with Crippen LogP contribution in [-0.4, -0.2) is 6.08 Å². The van der Waals surface area contributed by atoms with Gasteiger partial charge in [-0.1, -0.05) is 30.3 Å². The summed E-state index contributed by atoms with van der Waals surface area (Å²) in [6.07, 6.45) is 1.18. The first kappa shape index (κ1) is 8.46. The molecule has 0 aromatic heterocycles. The Morgan fingerprint density at radius 1 is 1.33 bits per heavy atom. The summed E-state index contributed by atoms with van der Waals surface area (Å²) in [7, 11) is 0. The molecular formula is C8H7NO3. The van der Waals surface area contributed by atoms with E-state index in [9.17, 15) is 4.79 Å². The number of benzene rings is 1. The molecule has 1 aromatic carbocycles. The lowest BCUT2D eigenvalue weighted by Crippen LogP contribution is -1.89. The van der Waals surface area contributed by atoms with Gasteiger partial charge in [0.25, 0.3) is 6.08 Å². The predicted octanol–water partition coefficient (Wildman–Crippen LogP) is 1.39. The van der Waals surface area contributed by atoms with Crippen molar-refractivity contribution < 1.29 is 14.7 Å². The highest BCUT2D eigenvalue weighted by atomic mass is 17.3. The lowest BCUT2D eigenvalue weighted by molar-refractivity contribution is -0.305. The molecule has 0 aliphatic carbocycles. The van der Waals surface area contributed by atoms with E-state index >= 15 is 0 Å². The first-order valence-corrected chi connectivity index (χ1v) is 3.33. The third-order valence-corrected chi connectivity index (χ3v) is 1.20. The molecule has 0 aliphatic rings. The molecule has 0 saturated heterocycles. The van der Waals surface area contributed by atoms with E-state index in [0.29, 0.717) is 0 Å². The van der Waals surface area contributed by atoms with Crippen LogP contribution in [0.3, 0.4) is 0 Å². The molecule has 12 heavy (non-hydrogen) atoms. The molecule has 0 atom stereocenters. The molecule has 62 valence electrons. The van der Waals surface area contributed by atoms with Crippen LogP contribution in [0.5, 0.6) is 0 Å². The topological polar surface area (TPSA) is 47.9 Å². The fraction of sp³-hybridized carbons (Fsp3) is 0.125. The largest absolute Gasteiger partial charge is 0.280 e. The van der Waals surface area contributed by atoms with Gasteiger partial charge < -0.3 is 0 Å². The third kappa shape index (κ3) is 2.96. The summed E-state index contributed by atoms with van der Waals surface area (Å²) in [4.78, 5) is 18.1. The zero-order valence-corrected chi connectivity index (χ0v) is 6.27. The van der Waals surface area contributed by atoms with Crippen LogP contribution in [0.4, 0.5) is 0 Å². The molecule has 0 radical (unpaired) electrons. The van der Waals surface area contributed by atoms with Crippen LogP contribution in [0.25, 0.3) is 0 Å². The van der Waals surface area contributed by atoms with Gasteiger partial charge >= 0.3 is 0 Å². The molecule has 0 unspecified atom stereocenters. The standard InChI is InChI=1S/C8H7NO3/c10-7-9-12-11-6-8-4-2-1-3-5-8/h1-5H,6H2. The van der Waals surface area contributed by atoms with Gasteiger partial charge in [0.2, 0.25) is 0 Å². The minimum atomic E-state index is 0.256. The monoisotopic (exact) mass is 165 g/mol. The van der Waals surface area contributed by atoms with E-state index in [2.05, 4.69) is 15.0 Å². The Hall–Kier alpha value is -1.64. The van der Waals surface area contributed by atoms with Crippen LogP contribution in [0.1, 0.15) is 5.56 Å². The van der Waals surface area contributed by atoms with Gasteiger partial charge in [0.05, 0.1) is 0 Å². The van der Waals surface area contributed by atoms with Crippen LogP contribution in [0.15, 0.2) is 35.5 Å². The van der Waals surface area contributed by atoms with Crippen molar-refractivity contribution in [2.24, 2.45) is 5.16 Å². The van der Waals surface area contributed by atoms with E-state index in [0.717, 1.165) is 5.56 Å². The molecule has 0 heterocycles. The normalized spacial score (nSPS) is 8.67. The van der Waals surface area contributed by atoms with Crippen molar-refractivity contribution in [3.8, 4) is 0 Å². The molecule has 1 rings (SSSR count). The average molecular weight is 165 g/mol. The molecule has 0 saturated carbocycles. The van der Waals surface area contributed by atoms with Crippen molar-refractivity contribution in [3.05, 3.63) is 35.9 Å². The fourth-order valence-electron chi connectivity index (χ4n) is 0.710. The highest BCUT2D eigenvalue weighted by Gasteiger charge is 1.90. The summed E-state index contributed by atoms with van der Waals surface area (Å²) >= 11 is 0. The van der Waals surface area contributed by atoms with Crippen LogP contribution < -0.4 is 0 Å². The predicted molar refractivity (Wildman–Crippen MR) is 40.4 cm³/mol. The lowest BCUT2D eigenvalue weighted by Gasteiger charge is -1.96. The second-order valence-corrected chi connectivity index (χ2v) is 2.00. The molecule has 0 bridgehead atoms. The van der Waals surface area contributed by atoms with E-state index in [4.69, 9.17) is 0 Å². The molecule has 4 heteroatoms. The summed E-state index contributed by atoms with van der Waals surface area (Å²) in [6, 6.07) is 9.39. The fourth-order valence-corrected chi connectivity index (χ4v) is 0.710. The zero-order valence-electron chi connectivity index (χ0n) is 6.27. The van der Waals surface area contributed by atoms with E-state index in [1.807, 2.05) is 30.3 Å². The zero-order chi connectivity index (χ0) is 8.65. The Kier molecular flexibility index (Phi) is 3.57. The summed E-state index contributed by atoms with van der Waals surface area (Å²) in [6.45, 7) is 0.256. The van der Waals surface area contributed by atoms with E-state index in [-0.39, 0.29) is 6.61 Å². The quantitative estimate of drug-likeness (QED) is 0.222. The van der Waals surface area contributed by atoms with Crippen LogP contribution in [0.2, 0.25) is 0 Å². The molecule has 0 spiro atoms. The summed E-state index contributed by atoms with van der Waals surface area (Å²) in [5.41, 5.74) is 0.943. The highest BCUT2D eigenvalue weighted by molar-refractivity contribution is 5.31. The number of nitrogens with zero attached hydrogens (tertiary/aromatic N) is 1. The minimum Gasteiger partial charge on any atom is -0.208 e. The third-order valence-electron chi connectivity index (χ3n) is 1.20. The van der Waals surface area contributed by atoms with Crippen molar-refractivity contribution in [1.82, 2.24) is 0 Å². The summed E-state index contributed by atoms with van der Waals surface area (Å²) in [5, 5.41) is 2.76. The lowest BCUT2D eigenvalue weighted by atomic mass is 10.2. The Labute approximate surface area is 69.3 Å². The maximum atomic E-state index is 9.52.